The summed E-state index contributed by atoms with van der Waals surface area (Å²) in [6, 6.07) is -0.412. The summed E-state index contributed by atoms with van der Waals surface area (Å²) in [5, 5.41) is 2.91. The molecular weight excluding hydrogens is 252 g/mol. The number of hydrogen-bond donors (Lipinski definition) is 1. The molecule has 1 N–H and O–H groups in total. The Morgan fingerprint density at radius 1 is 1.15 bits per heavy atom. The largest absolute Gasteiger partial charge is 0.342 e. The molecule has 2 rings (SSSR count). The van der Waals surface area contributed by atoms with E-state index in [2.05, 4.69) is 5.32 Å². The van der Waals surface area contributed by atoms with Crippen LogP contribution in [0.4, 0.5) is 0 Å². The summed E-state index contributed by atoms with van der Waals surface area (Å²) in [7, 11) is 0. The van der Waals surface area contributed by atoms with E-state index in [0.29, 0.717) is 6.42 Å². The number of hydrogen-bond acceptors (Lipinski definition) is 2. The summed E-state index contributed by atoms with van der Waals surface area (Å²) in [6.45, 7) is 8.10. The number of nitrogens with one attached hydrogen (secondary N) is 1. The molecule has 1 aliphatic carbocycles. The van der Waals surface area contributed by atoms with E-state index in [-0.39, 0.29) is 35.4 Å². The first-order chi connectivity index (χ1) is 9.36. The molecule has 20 heavy (non-hydrogen) atoms. The lowest BCUT2D eigenvalue weighted by atomic mass is 9.80. The van der Waals surface area contributed by atoms with Crippen LogP contribution in [-0.2, 0) is 9.59 Å². The van der Waals surface area contributed by atoms with Gasteiger partial charge in [0.2, 0.25) is 11.8 Å². The molecule has 0 aromatic rings. The average molecular weight is 280 g/mol. The van der Waals surface area contributed by atoms with Crippen LogP contribution in [0.25, 0.3) is 0 Å². The fourth-order valence-electron chi connectivity index (χ4n) is 3.58. The minimum atomic E-state index is -0.333. The molecule has 2 amide bonds. The average Bonchev–Trinajstić information content (AvgIpc) is 2.40. The topological polar surface area (TPSA) is 49.4 Å². The summed E-state index contributed by atoms with van der Waals surface area (Å²) in [5.41, 5.74) is -0.226. The van der Waals surface area contributed by atoms with Crippen molar-refractivity contribution in [1.82, 2.24) is 10.2 Å². The van der Waals surface area contributed by atoms with E-state index in [4.69, 9.17) is 0 Å². The second kappa shape index (κ2) is 5.74. The summed E-state index contributed by atoms with van der Waals surface area (Å²) in [4.78, 5) is 27.2. The Morgan fingerprint density at radius 3 is 2.25 bits per heavy atom. The first-order valence-corrected chi connectivity index (χ1v) is 7.98. The molecule has 1 heterocycles. The van der Waals surface area contributed by atoms with Gasteiger partial charge in [-0.15, -0.1) is 0 Å². The molecule has 0 aromatic heterocycles. The second-order valence-electron chi connectivity index (χ2n) is 7.28. The molecule has 0 radical (unpaired) electrons. The fraction of sp³-hybridized carbons (Fsp3) is 0.875. The molecular formula is C16H28N2O2. The molecule has 0 bridgehead atoms. The zero-order valence-electron chi connectivity index (χ0n) is 13.2. The molecule has 0 spiro atoms. The van der Waals surface area contributed by atoms with Crippen molar-refractivity contribution in [3.8, 4) is 0 Å². The van der Waals surface area contributed by atoms with Crippen molar-refractivity contribution < 1.29 is 9.59 Å². The molecule has 1 saturated carbocycles. The highest BCUT2D eigenvalue weighted by molar-refractivity contribution is 5.97. The predicted octanol–water partition coefficient (Wildman–Crippen LogP) is 2.47. The third kappa shape index (κ3) is 2.84. The summed E-state index contributed by atoms with van der Waals surface area (Å²) in [5.74, 6) is 0.147. The highest BCUT2D eigenvalue weighted by Crippen LogP contribution is 2.34. The normalized spacial score (nSPS) is 29.5. The van der Waals surface area contributed by atoms with Gasteiger partial charge in [-0.1, -0.05) is 47.0 Å². The van der Waals surface area contributed by atoms with Gasteiger partial charge in [0.15, 0.2) is 0 Å². The Labute approximate surface area is 122 Å². The van der Waals surface area contributed by atoms with Gasteiger partial charge in [-0.2, -0.15) is 0 Å². The lowest BCUT2D eigenvalue weighted by Crippen LogP contribution is -2.68. The van der Waals surface area contributed by atoms with E-state index in [1.165, 1.54) is 19.3 Å². The smallest absolute Gasteiger partial charge is 0.246 e. The monoisotopic (exact) mass is 280 g/mol. The van der Waals surface area contributed by atoms with E-state index in [1.807, 2.05) is 32.6 Å². The maximum absolute atomic E-state index is 12.8. The van der Waals surface area contributed by atoms with Crippen LogP contribution in [0.1, 0.15) is 66.2 Å². The molecule has 1 saturated heterocycles. The molecule has 2 fully saturated rings. The zero-order valence-corrected chi connectivity index (χ0v) is 13.2. The number of amides is 2. The van der Waals surface area contributed by atoms with Gasteiger partial charge in [0.25, 0.3) is 0 Å². The Balaban J connectivity index is 2.31. The number of nitrogens with zero attached hydrogens (tertiary/aromatic N) is 1. The Kier molecular flexibility index (Phi) is 4.40. The second-order valence-corrected chi connectivity index (χ2v) is 7.28. The van der Waals surface area contributed by atoms with Gasteiger partial charge in [0.1, 0.15) is 12.1 Å². The minimum Gasteiger partial charge on any atom is -0.342 e. The molecule has 4 nitrogen and oxygen atoms in total. The summed E-state index contributed by atoms with van der Waals surface area (Å²) in [6.07, 6.45) is 6.35. The molecule has 4 heteroatoms. The van der Waals surface area contributed by atoms with Crippen molar-refractivity contribution >= 4 is 11.8 Å². The Bertz CT molecular complexity index is 380. The van der Waals surface area contributed by atoms with E-state index >= 15 is 0 Å². The zero-order chi connectivity index (χ0) is 14.9. The van der Waals surface area contributed by atoms with Gasteiger partial charge in [-0.25, -0.2) is 0 Å². The van der Waals surface area contributed by atoms with Gasteiger partial charge in [-0.05, 0) is 24.7 Å². The van der Waals surface area contributed by atoms with E-state index in [9.17, 15) is 9.59 Å². The van der Waals surface area contributed by atoms with Crippen LogP contribution in [0, 0.1) is 5.41 Å². The number of carbonyl (C=O) groups excluding carboxylic acids is 2. The van der Waals surface area contributed by atoms with E-state index in [0.717, 1.165) is 12.8 Å². The minimum absolute atomic E-state index is 0.0227. The summed E-state index contributed by atoms with van der Waals surface area (Å²) < 4.78 is 0. The lowest BCUT2D eigenvalue weighted by Gasteiger charge is -2.49. The van der Waals surface area contributed by atoms with Crippen LogP contribution < -0.4 is 5.32 Å². The first-order valence-electron chi connectivity index (χ1n) is 7.98. The standard InChI is InChI=1S/C16H28N2O2/c1-5-12-15(20)18(11-9-7-6-8-10-11)13(14(19)17-12)16(2,3)4/h11-13H,5-10H2,1-4H3,(H,17,19). The maximum Gasteiger partial charge on any atom is 0.246 e. The van der Waals surface area contributed by atoms with Crippen molar-refractivity contribution in [2.45, 2.75) is 84.3 Å². The third-order valence-corrected chi connectivity index (χ3v) is 4.59. The molecule has 114 valence electrons. The van der Waals surface area contributed by atoms with Gasteiger partial charge in [0.05, 0.1) is 0 Å². The fourth-order valence-corrected chi connectivity index (χ4v) is 3.58. The Morgan fingerprint density at radius 2 is 1.75 bits per heavy atom. The van der Waals surface area contributed by atoms with Crippen LogP contribution in [0.2, 0.25) is 0 Å². The van der Waals surface area contributed by atoms with Crippen molar-refractivity contribution in [1.29, 1.82) is 0 Å². The van der Waals surface area contributed by atoms with Gasteiger partial charge in [0, 0.05) is 6.04 Å². The van der Waals surface area contributed by atoms with E-state index < -0.39 is 0 Å². The Hall–Kier alpha value is -1.06. The van der Waals surface area contributed by atoms with Crippen LogP contribution >= 0.6 is 0 Å². The molecule has 2 unspecified atom stereocenters. The predicted molar refractivity (Wildman–Crippen MR) is 79.2 cm³/mol. The first kappa shape index (κ1) is 15.3. The van der Waals surface area contributed by atoms with Gasteiger partial charge < -0.3 is 10.2 Å². The summed E-state index contributed by atoms with van der Waals surface area (Å²) >= 11 is 0. The van der Waals surface area contributed by atoms with Crippen molar-refractivity contribution in [2.24, 2.45) is 5.41 Å². The molecule has 0 aromatic carbocycles. The maximum atomic E-state index is 12.8. The SMILES string of the molecule is CCC1NC(=O)C(C(C)(C)C)N(C2CCCCC2)C1=O. The molecule has 2 aliphatic rings. The van der Waals surface area contributed by atoms with E-state index in [1.54, 1.807) is 0 Å². The number of rotatable bonds is 2. The molecule has 1 aliphatic heterocycles. The third-order valence-electron chi connectivity index (χ3n) is 4.59. The lowest BCUT2D eigenvalue weighted by molar-refractivity contribution is -0.158. The van der Waals surface area contributed by atoms with Gasteiger partial charge >= 0.3 is 0 Å². The highest BCUT2D eigenvalue weighted by atomic mass is 16.2. The number of carbonyl (C=O) groups is 2. The van der Waals surface area contributed by atoms with Crippen molar-refractivity contribution in [3.05, 3.63) is 0 Å². The van der Waals surface area contributed by atoms with Crippen molar-refractivity contribution in [2.75, 3.05) is 0 Å². The van der Waals surface area contributed by atoms with Gasteiger partial charge in [-0.3, -0.25) is 9.59 Å². The van der Waals surface area contributed by atoms with Crippen LogP contribution in [0.5, 0.6) is 0 Å². The number of piperazine rings is 1. The quantitative estimate of drug-likeness (QED) is 0.844. The molecule has 2 atom stereocenters. The van der Waals surface area contributed by atoms with Crippen LogP contribution in [0.3, 0.4) is 0 Å². The van der Waals surface area contributed by atoms with Crippen molar-refractivity contribution in [3.63, 3.8) is 0 Å². The van der Waals surface area contributed by atoms with Crippen LogP contribution in [-0.4, -0.2) is 34.8 Å². The highest BCUT2D eigenvalue weighted by Gasteiger charge is 2.48. The van der Waals surface area contributed by atoms with Crippen LogP contribution in [0.15, 0.2) is 0 Å².